The van der Waals surface area contributed by atoms with Gasteiger partial charge >= 0.3 is 0 Å². The first-order valence-electron chi connectivity index (χ1n) is 7.20. The molecule has 0 aliphatic heterocycles. The number of nitrogens with zero attached hydrogens (tertiary/aromatic N) is 1. The number of benzene rings is 1. The Morgan fingerprint density at radius 1 is 1.36 bits per heavy atom. The summed E-state index contributed by atoms with van der Waals surface area (Å²) in [5.74, 6) is 1.50. The molecule has 2 rings (SSSR count). The Morgan fingerprint density at radius 2 is 2.14 bits per heavy atom. The van der Waals surface area contributed by atoms with Crippen molar-refractivity contribution < 1.29 is 9.53 Å². The Morgan fingerprint density at radius 3 is 2.82 bits per heavy atom. The van der Waals surface area contributed by atoms with Crippen molar-refractivity contribution in [2.45, 2.75) is 25.5 Å². The number of rotatable bonds is 8. The van der Waals surface area contributed by atoms with Crippen LogP contribution in [0.15, 0.2) is 29.6 Å². The summed E-state index contributed by atoms with van der Waals surface area (Å²) in [4.78, 5) is 16.5. The molecule has 2 aromatic rings. The van der Waals surface area contributed by atoms with Gasteiger partial charge in [-0.2, -0.15) is 11.8 Å². The lowest BCUT2D eigenvalue weighted by atomic mass is 10.2. The largest absolute Gasteiger partial charge is 0.494 e. The first-order valence-corrected chi connectivity index (χ1v) is 9.48. The van der Waals surface area contributed by atoms with E-state index in [9.17, 15) is 4.79 Å². The number of hydrogen-bond acceptors (Lipinski definition) is 5. The second-order valence-electron chi connectivity index (χ2n) is 4.76. The molecule has 1 amide bonds. The van der Waals surface area contributed by atoms with Crippen LogP contribution in [-0.2, 0) is 5.75 Å². The van der Waals surface area contributed by atoms with Crippen molar-refractivity contribution >= 4 is 34.1 Å². The summed E-state index contributed by atoms with van der Waals surface area (Å²) >= 11 is 3.16. The van der Waals surface area contributed by atoms with Gasteiger partial charge in [0.15, 0.2) is 5.13 Å². The molecule has 0 saturated heterocycles. The third-order valence-corrected chi connectivity index (χ3v) is 4.34. The van der Waals surface area contributed by atoms with Gasteiger partial charge in [-0.15, -0.1) is 11.3 Å². The minimum atomic E-state index is -0.148. The van der Waals surface area contributed by atoms with Crippen molar-refractivity contribution in [1.29, 1.82) is 0 Å². The fourth-order valence-electron chi connectivity index (χ4n) is 1.78. The van der Waals surface area contributed by atoms with Crippen LogP contribution in [0.5, 0.6) is 5.75 Å². The summed E-state index contributed by atoms with van der Waals surface area (Å²) in [6.07, 6.45) is 4.17. The van der Waals surface area contributed by atoms with Gasteiger partial charge in [0.05, 0.1) is 12.3 Å². The van der Waals surface area contributed by atoms with Gasteiger partial charge in [-0.25, -0.2) is 4.98 Å². The van der Waals surface area contributed by atoms with Crippen LogP contribution in [0.3, 0.4) is 0 Å². The molecular formula is C16H20N2O2S2. The standard InChI is InChI=1S/C16H20N2O2S2/c1-3-4-9-20-14-7-5-12(6-8-14)15(19)18-16-17-13(10-21-2)11-22-16/h5-8,11H,3-4,9-10H2,1-2H3,(H,17,18,19). The number of ether oxygens (including phenoxy) is 1. The minimum absolute atomic E-state index is 0.148. The first-order chi connectivity index (χ1) is 10.7. The number of hydrogen-bond donors (Lipinski definition) is 1. The molecular weight excluding hydrogens is 316 g/mol. The maximum atomic E-state index is 12.2. The number of thioether (sulfide) groups is 1. The minimum Gasteiger partial charge on any atom is -0.494 e. The van der Waals surface area contributed by atoms with Gasteiger partial charge in [-0.05, 0) is 36.9 Å². The summed E-state index contributed by atoms with van der Waals surface area (Å²) < 4.78 is 5.59. The predicted molar refractivity (Wildman–Crippen MR) is 94.1 cm³/mol. The van der Waals surface area contributed by atoms with Gasteiger partial charge in [-0.3, -0.25) is 10.1 Å². The zero-order chi connectivity index (χ0) is 15.8. The van der Waals surface area contributed by atoms with Crippen molar-refractivity contribution in [2.24, 2.45) is 0 Å². The molecule has 0 saturated carbocycles. The van der Waals surface area contributed by atoms with Gasteiger partial charge in [0.25, 0.3) is 5.91 Å². The Hall–Kier alpha value is -1.53. The van der Waals surface area contributed by atoms with E-state index in [1.54, 1.807) is 23.9 Å². The molecule has 0 aliphatic carbocycles. The summed E-state index contributed by atoms with van der Waals surface area (Å²) in [6, 6.07) is 7.19. The normalized spacial score (nSPS) is 10.5. The van der Waals surface area contributed by atoms with Crippen molar-refractivity contribution in [2.75, 3.05) is 18.2 Å². The number of nitrogens with one attached hydrogen (secondary N) is 1. The molecule has 1 aromatic heterocycles. The molecule has 1 heterocycles. The number of carbonyl (C=O) groups excluding carboxylic acids is 1. The van der Waals surface area contributed by atoms with E-state index < -0.39 is 0 Å². The average molecular weight is 336 g/mol. The number of carbonyl (C=O) groups is 1. The zero-order valence-electron chi connectivity index (χ0n) is 12.8. The summed E-state index contributed by atoms with van der Waals surface area (Å²) in [6.45, 7) is 2.83. The van der Waals surface area contributed by atoms with Crippen molar-refractivity contribution in [3.8, 4) is 5.75 Å². The Bertz CT molecular complexity index is 596. The van der Waals surface area contributed by atoms with Crippen molar-refractivity contribution in [3.05, 3.63) is 40.9 Å². The van der Waals surface area contributed by atoms with Crippen LogP contribution < -0.4 is 10.1 Å². The van der Waals surface area contributed by atoms with Gasteiger partial charge in [0.2, 0.25) is 0 Å². The molecule has 1 aromatic carbocycles. The topological polar surface area (TPSA) is 51.2 Å². The monoisotopic (exact) mass is 336 g/mol. The van der Waals surface area contributed by atoms with Crippen LogP contribution in [0.2, 0.25) is 0 Å². The van der Waals surface area contributed by atoms with Gasteiger partial charge < -0.3 is 4.74 Å². The quantitative estimate of drug-likeness (QED) is 0.724. The molecule has 22 heavy (non-hydrogen) atoms. The van der Waals surface area contributed by atoms with Crippen molar-refractivity contribution in [3.63, 3.8) is 0 Å². The molecule has 0 aliphatic rings. The van der Waals surface area contributed by atoms with E-state index >= 15 is 0 Å². The Kier molecular flexibility index (Phi) is 6.74. The second-order valence-corrected chi connectivity index (χ2v) is 6.48. The highest BCUT2D eigenvalue weighted by Gasteiger charge is 2.09. The highest BCUT2D eigenvalue weighted by Crippen LogP contribution is 2.20. The van der Waals surface area contributed by atoms with Gasteiger partial charge in [-0.1, -0.05) is 13.3 Å². The van der Waals surface area contributed by atoms with E-state index in [-0.39, 0.29) is 5.91 Å². The number of unbranched alkanes of at least 4 members (excludes halogenated alkanes) is 1. The summed E-state index contributed by atoms with van der Waals surface area (Å²) in [5, 5.41) is 5.43. The Labute approximate surface area is 139 Å². The molecule has 118 valence electrons. The predicted octanol–water partition coefficient (Wildman–Crippen LogP) is 4.44. The first kappa shape index (κ1) is 16.8. The molecule has 0 atom stereocenters. The third-order valence-electron chi connectivity index (χ3n) is 2.95. The summed E-state index contributed by atoms with van der Waals surface area (Å²) in [7, 11) is 0. The lowest BCUT2D eigenvalue weighted by molar-refractivity contribution is 0.102. The van der Waals surface area contributed by atoms with Crippen LogP contribution in [0.4, 0.5) is 5.13 Å². The smallest absolute Gasteiger partial charge is 0.257 e. The van der Waals surface area contributed by atoms with E-state index in [1.165, 1.54) is 11.3 Å². The molecule has 0 fully saturated rings. The fraction of sp³-hybridized carbons (Fsp3) is 0.375. The molecule has 0 spiro atoms. The molecule has 0 radical (unpaired) electrons. The van der Waals surface area contributed by atoms with Crippen LogP contribution in [-0.4, -0.2) is 23.8 Å². The number of amides is 1. The number of aromatic nitrogens is 1. The zero-order valence-corrected chi connectivity index (χ0v) is 14.4. The molecule has 0 bridgehead atoms. The van der Waals surface area contributed by atoms with Gasteiger partial charge in [0.1, 0.15) is 5.75 Å². The van der Waals surface area contributed by atoms with Gasteiger partial charge in [0, 0.05) is 16.7 Å². The molecule has 0 unspecified atom stereocenters. The lowest BCUT2D eigenvalue weighted by Crippen LogP contribution is -2.11. The van der Waals surface area contributed by atoms with Crippen LogP contribution in [0.25, 0.3) is 0 Å². The van der Waals surface area contributed by atoms with E-state index in [0.29, 0.717) is 17.3 Å². The maximum absolute atomic E-state index is 12.2. The van der Waals surface area contributed by atoms with E-state index in [2.05, 4.69) is 17.2 Å². The third kappa shape index (κ3) is 5.03. The van der Waals surface area contributed by atoms with Crippen LogP contribution in [0.1, 0.15) is 35.8 Å². The second kappa shape index (κ2) is 8.80. The number of thiazole rings is 1. The molecule has 6 heteroatoms. The highest BCUT2D eigenvalue weighted by molar-refractivity contribution is 7.97. The maximum Gasteiger partial charge on any atom is 0.257 e. The lowest BCUT2D eigenvalue weighted by Gasteiger charge is -2.06. The van der Waals surface area contributed by atoms with Crippen LogP contribution in [0, 0.1) is 0 Å². The van der Waals surface area contributed by atoms with E-state index in [4.69, 9.17) is 4.74 Å². The number of anilines is 1. The molecule has 4 nitrogen and oxygen atoms in total. The average Bonchev–Trinajstić information content (AvgIpc) is 2.96. The van der Waals surface area contributed by atoms with Crippen molar-refractivity contribution in [1.82, 2.24) is 4.98 Å². The van der Waals surface area contributed by atoms with E-state index in [1.807, 2.05) is 23.8 Å². The Balaban J connectivity index is 1.91. The highest BCUT2D eigenvalue weighted by atomic mass is 32.2. The fourth-order valence-corrected chi connectivity index (χ4v) is 3.04. The van der Waals surface area contributed by atoms with Crippen LogP contribution >= 0.6 is 23.1 Å². The molecule has 1 N–H and O–H groups in total. The summed E-state index contributed by atoms with van der Waals surface area (Å²) in [5.41, 5.74) is 1.59. The SMILES string of the molecule is CCCCOc1ccc(C(=O)Nc2nc(CSC)cs2)cc1. The van der Waals surface area contributed by atoms with E-state index in [0.717, 1.165) is 30.0 Å².